The van der Waals surface area contributed by atoms with Gasteiger partial charge in [-0.05, 0) is 19.3 Å². The molecule has 1 aromatic rings. The minimum Gasteiger partial charge on any atom is -0.377 e. The lowest BCUT2D eigenvalue weighted by Crippen LogP contribution is -2.67. The van der Waals surface area contributed by atoms with Crippen molar-refractivity contribution in [1.29, 1.82) is 0 Å². The van der Waals surface area contributed by atoms with Crippen molar-refractivity contribution in [2.75, 3.05) is 11.9 Å². The molecule has 1 saturated heterocycles. The number of hydrogen-bond donors (Lipinski definition) is 2. The van der Waals surface area contributed by atoms with Crippen molar-refractivity contribution >= 4 is 11.8 Å². The van der Waals surface area contributed by atoms with Gasteiger partial charge in [-0.3, -0.25) is 5.32 Å². The molecule has 4 rings (SSSR count). The third-order valence-electron chi connectivity index (χ3n) is 6.22. The van der Waals surface area contributed by atoms with Crippen LogP contribution in [0, 0.1) is 11.3 Å². The minimum absolute atomic E-state index is 0.00210. The molecular formula is C18H28N4O2. The summed E-state index contributed by atoms with van der Waals surface area (Å²) < 4.78 is 7.79. The van der Waals surface area contributed by atoms with Crippen LogP contribution in [0.4, 0.5) is 10.6 Å². The molecule has 6 heteroatoms. The van der Waals surface area contributed by atoms with Gasteiger partial charge in [0, 0.05) is 30.0 Å². The van der Waals surface area contributed by atoms with Gasteiger partial charge in [-0.15, -0.1) is 0 Å². The van der Waals surface area contributed by atoms with Crippen molar-refractivity contribution < 1.29 is 9.53 Å². The Morgan fingerprint density at radius 3 is 2.88 bits per heavy atom. The number of nitrogens with zero attached hydrogens (tertiary/aromatic N) is 2. The number of hydrogen-bond acceptors (Lipinski definition) is 3. The van der Waals surface area contributed by atoms with Crippen molar-refractivity contribution in [2.45, 2.75) is 70.6 Å². The minimum atomic E-state index is -0.129. The van der Waals surface area contributed by atoms with E-state index in [-0.39, 0.29) is 23.6 Å². The van der Waals surface area contributed by atoms with Crippen molar-refractivity contribution in [3.8, 4) is 0 Å². The van der Waals surface area contributed by atoms with Gasteiger partial charge in [-0.2, -0.15) is 5.10 Å². The predicted octanol–water partition coefficient (Wildman–Crippen LogP) is 3.32. The van der Waals surface area contributed by atoms with Gasteiger partial charge in [0.2, 0.25) is 0 Å². The molecule has 6 nitrogen and oxygen atoms in total. The third-order valence-corrected chi connectivity index (χ3v) is 6.22. The molecule has 24 heavy (non-hydrogen) atoms. The Morgan fingerprint density at radius 1 is 1.29 bits per heavy atom. The highest BCUT2D eigenvalue weighted by atomic mass is 16.5. The van der Waals surface area contributed by atoms with Crippen molar-refractivity contribution in [1.82, 2.24) is 15.1 Å². The Kier molecular flexibility index (Phi) is 4.03. The highest BCUT2D eigenvalue weighted by Gasteiger charge is 2.59. The summed E-state index contributed by atoms with van der Waals surface area (Å²) in [7, 11) is 0. The van der Waals surface area contributed by atoms with E-state index in [0.29, 0.717) is 12.0 Å². The van der Waals surface area contributed by atoms with Crippen LogP contribution in [0.25, 0.3) is 0 Å². The zero-order valence-electron chi connectivity index (χ0n) is 14.6. The Balaban J connectivity index is 1.39. The van der Waals surface area contributed by atoms with Crippen LogP contribution in [-0.4, -0.2) is 34.6 Å². The molecule has 2 amide bonds. The zero-order valence-corrected chi connectivity index (χ0v) is 14.6. The topological polar surface area (TPSA) is 68.2 Å². The summed E-state index contributed by atoms with van der Waals surface area (Å²) in [6.07, 6.45) is 9.20. The molecular weight excluding hydrogens is 304 g/mol. The van der Waals surface area contributed by atoms with Crippen LogP contribution in [0.2, 0.25) is 0 Å². The van der Waals surface area contributed by atoms with E-state index in [2.05, 4.69) is 29.6 Å². The molecule has 0 aromatic carbocycles. The number of ether oxygens (including phenoxy) is 1. The lowest BCUT2D eigenvalue weighted by atomic mass is 9.57. The van der Waals surface area contributed by atoms with Crippen LogP contribution >= 0.6 is 0 Å². The maximum Gasteiger partial charge on any atom is 0.320 e. The Hall–Kier alpha value is -1.56. The van der Waals surface area contributed by atoms with Gasteiger partial charge >= 0.3 is 6.03 Å². The van der Waals surface area contributed by atoms with Crippen molar-refractivity contribution in [3.63, 3.8) is 0 Å². The molecule has 1 aromatic heterocycles. The summed E-state index contributed by atoms with van der Waals surface area (Å²) in [6, 6.07) is 2.35. The first kappa shape index (κ1) is 15.9. The van der Waals surface area contributed by atoms with E-state index in [4.69, 9.17) is 4.74 Å². The zero-order chi connectivity index (χ0) is 16.7. The number of aromatic nitrogens is 2. The second kappa shape index (κ2) is 6.06. The second-order valence-electron chi connectivity index (χ2n) is 8.09. The van der Waals surface area contributed by atoms with E-state index in [9.17, 15) is 4.79 Å². The molecule has 0 spiro atoms. The number of urea groups is 1. The largest absolute Gasteiger partial charge is 0.377 e. The quantitative estimate of drug-likeness (QED) is 0.892. The van der Waals surface area contributed by atoms with Gasteiger partial charge < -0.3 is 10.1 Å². The summed E-state index contributed by atoms with van der Waals surface area (Å²) in [6.45, 7) is 5.17. The summed E-state index contributed by atoms with van der Waals surface area (Å²) in [4.78, 5) is 12.5. The average molecular weight is 332 g/mol. The lowest BCUT2D eigenvalue weighted by Gasteiger charge is -2.54. The number of rotatable bonds is 3. The van der Waals surface area contributed by atoms with Crippen LogP contribution < -0.4 is 10.6 Å². The van der Waals surface area contributed by atoms with Crippen LogP contribution in [0.3, 0.4) is 0 Å². The number of carbonyl (C=O) groups excluding carboxylic acids is 1. The van der Waals surface area contributed by atoms with E-state index in [0.717, 1.165) is 31.7 Å². The first-order valence-electron chi connectivity index (χ1n) is 9.30. The molecule has 132 valence electrons. The summed E-state index contributed by atoms with van der Waals surface area (Å²) in [5.41, 5.74) is 0.00210. The second-order valence-corrected chi connectivity index (χ2v) is 8.09. The van der Waals surface area contributed by atoms with E-state index in [1.807, 2.05) is 10.7 Å². The third kappa shape index (κ3) is 2.61. The van der Waals surface area contributed by atoms with Gasteiger partial charge in [0.05, 0.1) is 18.3 Å². The number of carbonyl (C=O) groups is 1. The first-order valence-corrected chi connectivity index (χ1v) is 9.30. The number of fused-ring (bicyclic) bond motifs is 1. The van der Waals surface area contributed by atoms with Gasteiger partial charge in [-0.1, -0.05) is 33.1 Å². The molecule has 0 unspecified atom stereocenters. The van der Waals surface area contributed by atoms with Crippen LogP contribution in [0.5, 0.6) is 0 Å². The SMILES string of the molecule is CC1(C)[C@H](NC(=O)Nc2ccnn2C2CCCCC2)[C@H]2CCO[C@@H]21. The number of nitrogens with one attached hydrogen (secondary N) is 2. The molecule has 0 bridgehead atoms. The Bertz CT molecular complexity index is 606. The molecule has 2 N–H and O–H groups in total. The number of anilines is 1. The monoisotopic (exact) mass is 332 g/mol. The highest BCUT2D eigenvalue weighted by molar-refractivity contribution is 5.88. The van der Waals surface area contributed by atoms with E-state index in [1.54, 1.807) is 6.20 Å². The standard InChI is InChI=1S/C18H28N4O2/c1-18(2)15(13-9-11-24-16(13)18)21-17(23)20-14-8-10-19-22(14)12-6-4-3-5-7-12/h8,10,12-13,15-16H,3-7,9,11H2,1-2H3,(H2,20,21,23)/t13-,15-,16+/m1/s1. The highest BCUT2D eigenvalue weighted by Crippen LogP contribution is 2.52. The first-order chi connectivity index (χ1) is 11.6. The van der Waals surface area contributed by atoms with Gasteiger partial charge in [0.25, 0.3) is 0 Å². The maximum absolute atomic E-state index is 12.5. The van der Waals surface area contributed by atoms with E-state index >= 15 is 0 Å². The van der Waals surface area contributed by atoms with Crippen LogP contribution in [0.15, 0.2) is 12.3 Å². The molecule has 3 aliphatic rings. The molecule has 0 radical (unpaired) electrons. The van der Waals surface area contributed by atoms with Crippen LogP contribution in [-0.2, 0) is 4.74 Å². The normalized spacial score (nSPS) is 32.0. The summed E-state index contributed by atoms with van der Waals surface area (Å²) in [5, 5.41) is 10.6. The number of amides is 2. The lowest BCUT2D eigenvalue weighted by molar-refractivity contribution is -0.107. The van der Waals surface area contributed by atoms with E-state index in [1.165, 1.54) is 19.3 Å². The molecule has 1 aliphatic heterocycles. The predicted molar refractivity (Wildman–Crippen MR) is 91.9 cm³/mol. The summed E-state index contributed by atoms with van der Waals surface area (Å²) in [5.74, 6) is 1.25. The fraction of sp³-hybridized carbons (Fsp3) is 0.778. The molecule has 2 saturated carbocycles. The Morgan fingerprint density at radius 2 is 2.08 bits per heavy atom. The van der Waals surface area contributed by atoms with Crippen molar-refractivity contribution in [3.05, 3.63) is 12.3 Å². The fourth-order valence-electron chi connectivity index (χ4n) is 4.94. The van der Waals surface area contributed by atoms with E-state index < -0.39 is 0 Å². The van der Waals surface area contributed by atoms with Crippen LogP contribution in [0.1, 0.15) is 58.4 Å². The smallest absolute Gasteiger partial charge is 0.320 e. The molecule has 2 aliphatic carbocycles. The summed E-state index contributed by atoms with van der Waals surface area (Å²) >= 11 is 0. The van der Waals surface area contributed by atoms with Gasteiger partial charge in [0.15, 0.2) is 0 Å². The molecule has 3 atom stereocenters. The molecule has 3 fully saturated rings. The Labute approximate surface area is 143 Å². The molecule has 2 heterocycles. The average Bonchev–Trinajstić information content (AvgIpc) is 3.21. The van der Waals surface area contributed by atoms with Gasteiger partial charge in [0.1, 0.15) is 5.82 Å². The van der Waals surface area contributed by atoms with Crippen molar-refractivity contribution in [2.24, 2.45) is 11.3 Å². The maximum atomic E-state index is 12.5. The van der Waals surface area contributed by atoms with Gasteiger partial charge in [-0.25, -0.2) is 9.48 Å². The fourth-order valence-corrected chi connectivity index (χ4v) is 4.94.